The molecule has 0 radical (unpaired) electrons. The van der Waals surface area contributed by atoms with Crippen LogP contribution in [0, 0.1) is 17.8 Å². The van der Waals surface area contributed by atoms with Crippen LogP contribution >= 0.6 is 11.6 Å². The summed E-state index contributed by atoms with van der Waals surface area (Å²) in [5.41, 5.74) is -3.79. The molecule has 194 valence electrons. The van der Waals surface area contributed by atoms with Gasteiger partial charge >= 0.3 is 6.18 Å². The molecule has 2 fully saturated rings. The molecule has 36 heavy (non-hydrogen) atoms. The first-order valence-electron chi connectivity index (χ1n) is 11.8. The second-order valence-corrected chi connectivity index (χ2v) is 9.71. The van der Waals surface area contributed by atoms with Crippen molar-refractivity contribution in [1.82, 2.24) is 15.6 Å². The molecule has 4 rings (SSSR count). The van der Waals surface area contributed by atoms with Gasteiger partial charge in [0.05, 0.1) is 5.56 Å². The average molecular weight is 525 g/mol. The lowest BCUT2D eigenvalue weighted by atomic mass is 9.90. The molecule has 1 aromatic carbocycles. The maximum absolute atomic E-state index is 13.7. The van der Waals surface area contributed by atoms with Crippen LogP contribution in [0.2, 0.25) is 5.15 Å². The number of hydrogen-bond acceptors (Lipinski definition) is 5. The normalized spacial score (nSPS) is 22.0. The second kappa shape index (κ2) is 10.3. The van der Waals surface area contributed by atoms with Crippen molar-refractivity contribution < 1.29 is 27.9 Å². The van der Waals surface area contributed by atoms with E-state index in [9.17, 15) is 27.9 Å². The number of benzene rings is 1. The Hall–Kier alpha value is -2.85. The summed E-state index contributed by atoms with van der Waals surface area (Å²) in [5.74, 6) is -0.280. The summed E-state index contributed by atoms with van der Waals surface area (Å²) in [6, 6.07) is 9.81. The smallest absolute Gasteiger partial charge is 0.369 e. The molecule has 2 heterocycles. The predicted molar refractivity (Wildman–Crippen MR) is 129 cm³/mol. The van der Waals surface area contributed by atoms with Crippen LogP contribution in [0.1, 0.15) is 35.2 Å². The van der Waals surface area contributed by atoms with Crippen molar-refractivity contribution in [2.45, 2.75) is 31.0 Å². The first-order valence-corrected chi connectivity index (χ1v) is 12.2. The summed E-state index contributed by atoms with van der Waals surface area (Å²) < 4.78 is 41.0. The van der Waals surface area contributed by atoms with Gasteiger partial charge in [-0.1, -0.05) is 41.9 Å². The van der Waals surface area contributed by atoms with Crippen LogP contribution in [-0.4, -0.2) is 54.8 Å². The van der Waals surface area contributed by atoms with Crippen molar-refractivity contribution in [2.75, 3.05) is 31.6 Å². The third-order valence-electron chi connectivity index (χ3n) is 7.21. The number of hydrogen-bond donors (Lipinski definition) is 3. The Kier molecular flexibility index (Phi) is 7.47. The van der Waals surface area contributed by atoms with Crippen molar-refractivity contribution >= 4 is 29.2 Å². The molecule has 2 amide bonds. The van der Waals surface area contributed by atoms with E-state index in [0.717, 1.165) is 44.5 Å². The third kappa shape index (κ3) is 5.15. The number of anilines is 1. The molecule has 1 unspecified atom stereocenters. The molecule has 1 saturated heterocycles. The van der Waals surface area contributed by atoms with E-state index in [2.05, 4.69) is 20.5 Å². The van der Waals surface area contributed by atoms with E-state index in [0.29, 0.717) is 23.2 Å². The largest absolute Gasteiger partial charge is 0.430 e. The van der Waals surface area contributed by atoms with Crippen LogP contribution in [0.15, 0.2) is 42.5 Å². The van der Waals surface area contributed by atoms with E-state index in [1.165, 1.54) is 25.2 Å². The number of pyridine rings is 1. The van der Waals surface area contributed by atoms with E-state index in [-0.39, 0.29) is 23.5 Å². The van der Waals surface area contributed by atoms with Crippen LogP contribution in [0.4, 0.5) is 19.0 Å². The zero-order valence-electron chi connectivity index (χ0n) is 19.7. The van der Waals surface area contributed by atoms with Gasteiger partial charge in [-0.05, 0) is 49.1 Å². The monoisotopic (exact) mass is 524 g/mol. The van der Waals surface area contributed by atoms with Crippen molar-refractivity contribution in [3.8, 4) is 0 Å². The Morgan fingerprint density at radius 3 is 2.39 bits per heavy atom. The van der Waals surface area contributed by atoms with E-state index in [4.69, 9.17) is 11.6 Å². The number of nitrogens with zero attached hydrogens (tertiary/aromatic N) is 2. The van der Waals surface area contributed by atoms with E-state index in [1.54, 1.807) is 12.1 Å². The molecule has 11 heteroatoms. The molecule has 1 aliphatic heterocycles. The van der Waals surface area contributed by atoms with Gasteiger partial charge in [-0.25, -0.2) is 4.98 Å². The number of alkyl halides is 3. The minimum atomic E-state index is -5.15. The van der Waals surface area contributed by atoms with Crippen LogP contribution in [0.25, 0.3) is 0 Å². The van der Waals surface area contributed by atoms with Gasteiger partial charge in [0.15, 0.2) is 0 Å². The summed E-state index contributed by atoms with van der Waals surface area (Å²) in [7, 11) is 1.52. The van der Waals surface area contributed by atoms with Gasteiger partial charge in [-0.3, -0.25) is 9.59 Å². The Morgan fingerprint density at radius 2 is 1.81 bits per heavy atom. The topological polar surface area (TPSA) is 94.6 Å². The summed E-state index contributed by atoms with van der Waals surface area (Å²) >= 11 is 6.17. The van der Waals surface area contributed by atoms with Crippen molar-refractivity contribution in [3.63, 3.8) is 0 Å². The highest BCUT2D eigenvalue weighted by molar-refractivity contribution is 6.32. The highest BCUT2D eigenvalue weighted by Crippen LogP contribution is 2.48. The van der Waals surface area contributed by atoms with Crippen molar-refractivity contribution in [1.29, 1.82) is 0 Å². The standard InChI is InChI=1S/C25H28ClF3N4O3/c1-30-22(34)18-7-8-20(32-21(18)26)33-11-9-15(10-12-33)19-13-16(19)14-31-23(35)24(36,25(27,28)29)17-5-3-2-4-6-17/h2-8,15-16,19,36H,9-14H2,1H3,(H,30,34)(H,31,35)/t16-,19+,24?/m0/s1. The predicted octanol–water partition coefficient (Wildman–Crippen LogP) is 3.51. The van der Waals surface area contributed by atoms with Crippen LogP contribution in [-0.2, 0) is 10.4 Å². The van der Waals surface area contributed by atoms with Gasteiger partial charge in [0, 0.05) is 32.2 Å². The molecule has 3 atom stereocenters. The number of amides is 2. The maximum atomic E-state index is 13.7. The quantitative estimate of drug-likeness (QED) is 0.482. The van der Waals surface area contributed by atoms with E-state index in [1.807, 2.05) is 0 Å². The molecule has 1 aliphatic carbocycles. The lowest BCUT2D eigenvalue weighted by Gasteiger charge is -2.33. The van der Waals surface area contributed by atoms with Crippen molar-refractivity contribution in [2.24, 2.45) is 17.8 Å². The van der Waals surface area contributed by atoms with Gasteiger partial charge in [0.2, 0.25) is 0 Å². The number of piperidine rings is 1. The van der Waals surface area contributed by atoms with Gasteiger partial charge in [0.1, 0.15) is 11.0 Å². The highest BCUT2D eigenvalue weighted by atomic mass is 35.5. The van der Waals surface area contributed by atoms with Crippen LogP contribution < -0.4 is 15.5 Å². The van der Waals surface area contributed by atoms with E-state index >= 15 is 0 Å². The fourth-order valence-electron chi connectivity index (χ4n) is 5.00. The number of rotatable bonds is 7. The summed E-state index contributed by atoms with van der Waals surface area (Å²) in [4.78, 5) is 30.8. The number of halogens is 4. The SMILES string of the molecule is CNC(=O)c1ccc(N2CCC([C@H]3C[C@H]3CNC(=O)C(O)(c3ccccc3)C(F)(F)F)CC2)nc1Cl. The average Bonchev–Trinajstić information content (AvgIpc) is 3.66. The fraction of sp³-hybridized carbons (Fsp3) is 0.480. The molecule has 7 nitrogen and oxygen atoms in total. The van der Waals surface area contributed by atoms with Crippen LogP contribution in [0.3, 0.4) is 0 Å². The lowest BCUT2D eigenvalue weighted by Crippen LogP contribution is -2.54. The number of carbonyl (C=O) groups excluding carboxylic acids is 2. The number of nitrogens with one attached hydrogen (secondary N) is 2. The Morgan fingerprint density at radius 1 is 1.14 bits per heavy atom. The molecule has 3 N–H and O–H groups in total. The first-order chi connectivity index (χ1) is 17.1. The molecule has 1 aromatic heterocycles. The fourth-order valence-corrected chi connectivity index (χ4v) is 5.23. The Balaban J connectivity index is 1.29. The molecule has 0 spiro atoms. The third-order valence-corrected chi connectivity index (χ3v) is 7.50. The maximum Gasteiger partial charge on any atom is 0.430 e. The van der Waals surface area contributed by atoms with Gasteiger partial charge in [0.25, 0.3) is 17.4 Å². The van der Waals surface area contributed by atoms with Crippen molar-refractivity contribution in [3.05, 3.63) is 58.7 Å². The zero-order chi connectivity index (χ0) is 26.1. The first kappa shape index (κ1) is 26.2. The molecular formula is C25H28ClF3N4O3. The second-order valence-electron chi connectivity index (χ2n) is 9.36. The zero-order valence-corrected chi connectivity index (χ0v) is 20.4. The molecule has 1 saturated carbocycles. The number of carbonyl (C=O) groups is 2. The summed E-state index contributed by atoms with van der Waals surface area (Å²) in [6.07, 6.45) is -2.57. The molecular weight excluding hydrogens is 497 g/mol. The molecule has 2 aromatic rings. The minimum absolute atomic E-state index is 0.0816. The highest BCUT2D eigenvalue weighted by Gasteiger charge is 2.61. The Labute approximate surface area is 212 Å². The van der Waals surface area contributed by atoms with E-state index < -0.39 is 23.2 Å². The lowest BCUT2D eigenvalue weighted by molar-refractivity contribution is -0.257. The van der Waals surface area contributed by atoms with Crippen LogP contribution in [0.5, 0.6) is 0 Å². The molecule has 2 aliphatic rings. The Bertz CT molecular complexity index is 1110. The molecule has 0 bridgehead atoms. The summed E-state index contributed by atoms with van der Waals surface area (Å²) in [5, 5.41) is 15.4. The van der Waals surface area contributed by atoms with Gasteiger partial charge in [-0.2, -0.15) is 13.2 Å². The van der Waals surface area contributed by atoms with Gasteiger partial charge in [-0.15, -0.1) is 0 Å². The number of aliphatic hydroxyl groups is 1. The summed E-state index contributed by atoms with van der Waals surface area (Å²) in [6.45, 7) is 1.57. The minimum Gasteiger partial charge on any atom is -0.369 e. The number of aromatic nitrogens is 1. The van der Waals surface area contributed by atoms with Gasteiger partial charge < -0.3 is 20.6 Å².